The second kappa shape index (κ2) is 3.85. The molecule has 2 rings (SSSR count). The number of ether oxygens (including phenoxy) is 1. The van der Waals surface area contributed by atoms with Gasteiger partial charge in [0.1, 0.15) is 5.75 Å². The number of hydrogen-bond donors (Lipinski definition) is 0. The summed E-state index contributed by atoms with van der Waals surface area (Å²) in [7, 11) is 1.68. The Morgan fingerprint density at radius 2 is 2.07 bits per heavy atom. The van der Waals surface area contributed by atoms with Crippen molar-refractivity contribution in [2.45, 2.75) is 19.8 Å². The normalized spacial score (nSPS) is 10.9. The highest BCUT2D eigenvalue weighted by molar-refractivity contribution is 5.85. The maximum atomic E-state index is 5.35. The number of methoxy groups -OCH3 is 1. The predicted octanol–water partition coefficient (Wildman–Crippen LogP) is 2.76. The minimum Gasteiger partial charge on any atom is -0.496 e. The van der Waals surface area contributed by atoms with Crippen molar-refractivity contribution in [3.05, 3.63) is 30.0 Å². The number of hydrogen-bond acceptors (Lipinski definition) is 3. The van der Waals surface area contributed by atoms with Gasteiger partial charge in [-0.3, -0.25) is 0 Å². The van der Waals surface area contributed by atoms with Crippen molar-refractivity contribution in [1.29, 1.82) is 0 Å². The molecule has 0 radical (unpaired) electrons. The highest BCUT2D eigenvalue weighted by Gasteiger charge is 2.07. The van der Waals surface area contributed by atoms with Crippen LogP contribution in [0.25, 0.3) is 10.9 Å². The summed E-state index contributed by atoms with van der Waals surface area (Å²) < 4.78 is 5.35. The average molecular weight is 202 g/mol. The zero-order chi connectivity index (χ0) is 10.8. The van der Waals surface area contributed by atoms with Gasteiger partial charge in [0.2, 0.25) is 0 Å². The average Bonchev–Trinajstić information content (AvgIpc) is 2.27. The van der Waals surface area contributed by atoms with Crippen molar-refractivity contribution in [3.8, 4) is 5.75 Å². The molecule has 0 N–H and O–H groups in total. The molecule has 0 saturated heterocycles. The molecule has 2 aromatic rings. The zero-order valence-electron chi connectivity index (χ0n) is 9.19. The van der Waals surface area contributed by atoms with Crippen LogP contribution in [-0.4, -0.2) is 17.3 Å². The van der Waals surface area contributed by atoms with E-state index in [1.165, 1.54) is 5.56 Å². The van der Waals surface area contributed by atoms with E-state index in [4.69, 9.17) is 4.74 Å². The molecule has 0 aliphatic carbocycles. The zero-order valence-corrected chi connectivity index (χ0v) is 9.19. The smallest absolute Gasteiger partial charge is 0.128 e. The van der Waals surface area contributed by atoms with Crippen LogP contribution in [0.15, 0.2) is 24.4 Å². The van der Waals surface area contributed by atoms with Gasteiger partial charge < -0.3 is 4.74 Å². The second-order valence-electron chi connectivity index (χ2n) is 3.84. The molecule has 1 aromatic carbocycles. The SMILES string of the molecule is COc1cc(C(C)C)cc2nnccc12. The van der Waals surface area contributed by atoms with E-state index in [9.17, 15) is 0 Å². The summed E-state index contributed by atoms with van der Waals surface area (Å²) in [6.45, 7) is 4.30. The van der Waals surface area contributed by atoms with E-state index in [-0.39, 0.29) is 0 Å². The third-order valence-electron chi connectivity index (χ3n) is 2.50. The lowest BCUT2D eigenvalue weighted by molar-refractivity contribution is 0.419. The molecule has 0 aliphatic heterocycles. The number of nitrogens with zero attached hydrogens (tertiary/aromatic N) is 2. The molecule has 0 amide bonds. The van der Waals surface area contributed by atoms with Gasteiger partial charge in [0, 0.05) is 5.39 Å². The molecular weight excluding hydrogens is 188 g/mol. The van der Waals surface area contributed by atoms with E-state index in [1.807, 2.05) is 6.07 Å². The lowest BCUT2D eigenvalue weighted by Gasteiger charge is -2.10. The molecule has 0 fully saturated rings. The van der Waals surface area contributed by atoms with Crippen molar-refractivity contribution in [3.63, 3.8) is 0 Å². The molecule has 0 bridgehead atoms. The van der Waals surface area contributed by atoms with Gasteiger partial charge in [-0.25, -0.2) is 0 Å². The molecule has 78 valence electrons. The molecule has 0 aliphatic rings. The van der Waals surface area contributed by atoms with Gasteiger partial charge in [-0.1, -0.05) is 13.8 Å². The van der Waals surface area contributed by atoms with E-state index < -0.39 is 0 Å². The Hall–Kier alpha value is -1.64. The van der Waals surface area contributed by atoms with Crippen LogP contribution < -0.4 is 4.74 Å². The molecule has 15 heavy (non-hydrogen) atoms. The summed E-state index contributed by atoms with van der Waals surface area (Å²) in [6, 6.07) is 6.05. The Bertz CT molecular complexity index is 480. The van der Waals surface area contributed by atoms with E-state index in [1.54, 1.807) is 13.3 Å². The van der Waals surface area contributed by atoms with E-state index in [0.29, 0.717) is 5.92 Å². The standard InChI is InChI=1S/C12H14N2O/c1-8(2)9-6-11-10(4-5-13-14-11)12(7-9)15-3/h4-8H,1-3H3. The molecule has 0 atom stereocenters. The fraction of sp³-hybridized carbons (Fsp3) is 0.333. The largest absolute Gasteiger partial charge is 0.496 e. The summed E-state index contributed by atoms with van der Waals surface area (Å²) in [5.41, 5.74) is 2.11. The van der Waals surface area contributed by atoms with Crippen molar-refractivity contribution >= 4 is 10.9 Å². The number of fused-ring (bicyclic) bond motifs is 1. The van der Waals surface area contributed by atoms with Crippen molar-refractivity contribution < 1.29 is 4.74 Å². The van der Waals surface area contributed by atoms with Crippen LogP contribution in [0.5, 0.6) is 5.75 Å². The first-order valence-corrected chi connectivity index (χ1v) is 5.01. The molecule has 3 heteroatoms. The Balaban J connectivity index is 2.71. The minimum atomic E-state index is 0.463. The highest BCUT2D eigenvalue weighted by atomic mass is 16.5. The van der Waals surface area contributed by atoms with E-state index in [2.05, 4.69) is 36.2 Å². The van der Waals surface area contributed by atoms with Crippen molar-refractivity contribution in [1.82, 2.24) is 10.2 Å². The van der Waals surface area contributed by atoms with Crippen LogP contribution in [0.4, 0.5) is 0 Å². The van der Waals surface area contributed by atoms with Gasteiger partial charge in [0.25, 0.3) is 0 Å². The summed E-state index contributed by atoms with van der Waals surface area (Å²) >= 11 is 0. The van der Waals surface area contributed by atoms with Crippen molar-refractivity contribution in [2.24, 2.45) is 0 Å². The Morgan fingerprint density at radius 3 is 2.73 bits per heavy atom. The Morgan fingerprint density at radius 1 is 1.27 bits per heavy atom. The van der Waals surface area contributed by atoms with Crippen LogP contribution >= 0.6 is 0 Å². The highest BCUT2D eigenvalue weighted by Crippen LogP contribution is 2.28. The fourth-order valence-corrected chi connectivity index (χ4v) is 1.59. The lowest BCUT2D eigenvalue weighted by atomic mass is 10.0. The van der Waals surface area contributed by atoms with Gasteiger partial charge in [-0.2, -0.15) is 10.2 Å². The van der Waals surface area contributed by atoms with Crippen LogP contribution in [0, 0.1) is 0 Å². The van der Waals surface area contributed by atoms with Gasteiger partial charge in [0.15, 0.2) is 0 Å². The number of aromatic nitrogens is 2. The fourth-order valence-electron chi connectivity index (χ4n) is 1.59. The minimum absolute atomic E-state index is 0.463. The molecule has 1 aromatic heterocycles. The molecule has 0 spiro atoms. The summed E-state index contributed by atoms with van der Waals surface area (Å²) in [5.74, 6) is 1.33. The Kier molecular flexibility index (Phi) is 2.54. The van der Waals surface area contributed by atoms with Crippen LogP contribution in [-0.2, 0) is 0 Å². The van der Waals surface area contributed by atoms with Crippen LogP contribution in [0.1, 0.15) is 25.3 Å². The predicted molar refractivity (Wildman–Crippen MR) is 60.2 cm³/mol. The van der Waals surface area contributed by atoms with E-state index in [0.717, 1.165) is 16.7 Å². The first-order valence-electron chi connectivity index (χ1n) is 5.01. The summed E-state index contributed by atoms with van der Waals surface area (Å²) in [6.07, 6.45) is 1.68. The lowest BCUT2D eigenvalue weighted by Crippen LogP contribution is -1.93. The van der Waals surface area contributed by atoms with Crippen LogP contribution in [0.2, 0.25) is 0 Å². The maximum absolute atomic E-state index is 5.35. The summed E-state index contributed by atoms with van der Waals surface area (Å²) in [5, 5.41) is 9.00. The number of rotatable bonds is 2. The second-order valence-corrected chi connectivity index (χ2v) is 3.84. The van der Waals surface area contributed by atoms with Gasteiger partial charge in [0.05, 0.1) is 18.8 Å². The van der Waals surface area contributed by atoms with Gasteiger partial charge in [-0.05, 0) is 29.7 Å². The molecule has 3 nitrogen and oxygen atoms in total. The quantitative estimate of drug-likeness (QED) is 0.751. The van der Waals surface area contributed by atoms with Gasteiger partial charge in [-0.15, -0.1) is 0 Å². The topological polar surface area (TPSA) is 35.0 Å². The third kappa shape index (κ3) is 1.77. The van der Waals surface area contributed by atoms with Crippen LogP contribution in [0.3, 0.4) is 0 Å². The third-order valence-corrected chi connectivity index (χ3v) is 2.50. The Labute approximate surface area is 89.1 Å². The molecule has 1 heterocycles. The molecule has 0 saturated carbocycles. The molecular formula is C12H14N2O. The van der Waals surface area contributed by atoms with Crippen molar-refractivity contribution in [2.75, 3.05) is 7.11 Å². The monoisotopic (exact) mass is 202 g/mol. The summed E-state index contributed by atoms with van der Waals surface area (Å²) in [4.78, 5) is 0. The van der Waals surface area contributed by atoms with Gasteiger partial charge >= 0.3 is 0 Å². The maximum Gasteiger partial charge on any atom is 0.128 e. The first-order chi connectivity index (χ1) is 7.22. The molecule has 0 unspecified atom stereocenters. The van der Waals surface area contributed by atoms with E-state index >= 15 is 0 Å². The number of benzene rings is 1. The first kappa shape index (κ1) is 9.90.